The molecule has 0 aliphatic rings. The summed E-state index contributed by atoms with van der Waals surface area (Å²) in [6.07, 6.45) is 1.91. The highest BCUT2D eigenvalue weighted by atomic mass is 32.2. The molecular weight excluding hydrogens is 373 g/mol. The molecule has 0 fully saturated rings. The van der Waals surface area contributed by atoms with E-state index in [0.717, 1.165) is 26.3 Å². The van der Waals surface area contributed by atoms with Gasteiger partial charge in [-0.1, -0.05) is 11.3 Å². The van der Waals surface area contributed by atoms with Gasteiger partial charge in [-0.2, -0.15) is 0 Å². The number of benzene rings is 1. The number of nitrogens with one attached hydrogen (secondary N) is 1. The number of sulfonamides is 1. The van der Waals surface area contributed by atoms with E-state index in [1.165, 1.54) is 43.3 Å². The van der Waals surface area contributed by atoms with Gasteiger partial charge in [-0.15, -0.1) is 11.8 Å². The molecule has 0 aliphatic heterocycles. The highest BCUT2D eigenvalue weighted by Gasteiger charge is 2.23. The van der Waals surface area contributed by atoms with Gasteiger partial charge in [-0.25, -0.2) is 22.1 Å². The molecule has 1 aromatic carbocycles. The zero-order valence-electron chi connectivity index (χ0n) is 13.5. The van der Waals surface area contributed by atoms with Crippen LogP contribution in [0.4, 0.5) is 9.52 Å². The normalized spacial score (nSPS) is 11.8. The van der Waals surface area contributed by atoms with Gasteiger partial charge in [0.15, 0.2) is 5.13 Å². The molecule has 0 spiro atoms. The number of carbonyl (C=O) groups excluding carboxylic acids is 1. The molecule has 6 nitrogen and oxygen atoms in total. The second kappa shape index (κ2) is 7.18. The molecule has 2 rings (SSSR count). The lowest BCUT2D eigenvalue weighted by atomic mass is 10.2. The Hall–Kier alpha value is -1.49. The van der Waals surface area contributed by atoms with Crippen molar-refractivity contribution in [3.8, 4) is 0 Å². The molecule has 0 radical (unpaired) electrons. The molecule has 1 heterocycles. The molecule has 10 heteroatoms. The number of anilines is 1. The third-order valence-electron chi connectivity index (χ3n) is 3.11. The van der Waals surface area contributed by atoms with Gasteiger partial charge in [0.1, 0.15) is 10.7 Å². The fourth-order valence-electron chi connectivity index (χ4n) is 1.83. The van der Waals surface area contributed by atoms with Crippen molar-refractivity contribution in [1.82, 2.24) is 9.29 Å². The molecule has 130 valence electrons. The van der Waals surface area contributed by atoms with E-state index < -0.39 is 26.6 Å². The predicted octanol–water partition coefficient (Wildman–Crippen LogP) is 2.82. The Morgan fingerprint density at radius 1 is 1.38 bits per heavy atom. The Morgan fingerprint density at radius 2 is 2.04 bits per heavy atom. The Labute approximate surface area is 148 Å². The van der Waals surface area contributed by atoms with E-state index in [4.69, 9.17) is 0 Å². The summed E-state index contributed by atoms with van der Waals surface area (Å²) in [7, 11) is -1.39. The molecule has 24 heavy (non-hydrogen) atoms. The summed E-state index contributed by atoms with van der Waals surface area (Å²) < 4.78 is 40.0. The topological polar surface area (TPSA) is 79.4 Å². The summed E-state index contributed by atoms with van der Waals surface area (Å²) in [6.45, 7) is 1.83. The van der Waals surface area contributed by atoms with Crippen molar-refractivity contribution in [3.05, 3.63) is 35.3 Å². The maximum atomic E-state index is 13.9. The molecule has 1 N–H and O–H groups in total. The average molecular weight is 389 g/mol. The molecule has 0 aliphatic carbocycles. The Morgan fingerprint density at radius 3 is 2.58 bits per heavy atom. The van der Waals surface area contributed by atoms with Gasteiger partial charge in [-0.3, -0.25) is 10.1 Å². The number of nitrogens with zero attached hydrogens (tertiary/aromatic N) is 2. The number of thiazole rings is 1. The van der Waals surface area contributed by atoms with Crippen LogP contribution < -0.4 is 5.32 Å². The van der Waals surface area contributed by atoms with Gasteiger partial charge in [-0.05, 0) is 31.4 Å². The third kappa shape index (κ3) is 3.77. The van der Waals surface area contributed by atoms with Gasteiger partial charge in [0, 0.05) is 19.7 Å². The van der Waals surface area contributed by atoms with E-state index in [0.29, 0.717) is 5.13 Å². The molecule has 0 unspecified atom stereocenters. The molecule has 1 amide bonds. The monoisotopic (exact) mass is 389 g/mol. The van der Waals surface area contributed by atoms with Crippen LogP contribution in [-0.2, 0) is 10.0 Å². The van der Waals surface area contributed by atoms with E-state index >= 15 is 0 Å². The molecular formula is C14H16FN3O3S3. The Bertz CT molecular complexity index is 879. The van der Waals surface area contributed by atoms with Crippen LogP contribution in [0.1, 0.15) is 16.1 Å². The van der Waals surface area contributed by atoms with Gasteiger partial charge in [0.25, 0.3) is 5.91 Å². The summed E-state index contributed by atoms with van der Waals surface area (Å²) >= 11 is 2.84. The minimum atomic E-state index is -3.98. The predicted molar refractivity (Wildman–Crippen MR) is 93.9 cm³/mol. The lowest BCUT2D eigenvalue weighted by Gasteiger charge is -2.13. The number of thioether (sulfide) groups is 1. The second-order valence-electron chi connectivity index (χ2n) is 4.98. The summed E-state index contributed by atoms with van der Waals surface area (Å²) in [5.74, 6) is -1.46. The molecule has 1 aromatic heterocycles. The highest BCUT2D eigenvalue weighted by Crippen LogP contribution is 2.30. The number of rotatable bonds is 5. The minimum Gasteiger partial charge on any atom is -0.298 e. The summed E-state index contributed by atoms with van der Waals surface area (Å²) in [5, 5.41) is 3.01. The first kappa shape index (κ1) is 18.8. The Kier molecular flexibility index (Phi) is 5.63. The van der Waals surface area contributed by atoms with E-state index in [2.05, 4.69) is 10.3 Å². The van der Waals surface area contributed by atoms with Crippen molar-refractivity contribution in [1.29, 1.82) is 0 Å². The zero-order chi connectivity index (χ0) is 18.1. The van der Waals surface area contributed by atoms with Crippen molar-refractivity contribution >= 4 is 44.2 Å². The quantitative estimate of drug-likeness (QED) is 0.796. The standard InChI is InChI=1S/C14H16FN3O3S3/c1-8-13(22-4)23-14(16-8)17-12(19)9-5-6-10(15)11(7-9)24(20,21)18(2)3/h5-7H,1-4H3,(H,16,17,19). The third-order valence-corrected chi connectivity index (χ3v) is 7.23. The van der Waals surface area contributed by atoms with E-state index in [9.17, 15) is 17.6 Å². The number of halogens is 1. The van der Waals surface area contributed by atoms with Crippen LogP contribution in [-0.4, -0.2) is 44.0 Å². The Balaban J connectivity index is 2.33. The SMILES string of the molecule is CSc1sc(NC(=O)c2ccc(F)c(S(=O)(=O)N(C)C)c2)nc1C. The fourth-order valence-corrected chi connectivity index (χ4v) is 4.42. The molecule has 0 bridgehead atoms. The first-order chi connectivity index (χ1) is 11.2. The van der Waals surface area contributed by atoms with Crippen molar-refractivity contribution in [2.75, 3.05) is 25.7 Å². The van der Waals surface area contributed by atoms with E-state index in [1.54, 1.807) is 0 Å². The smallest absolute Gasteiger partial charge is 0.257 e. The lowest BCUT2D eigenvalue weighted by Crippen LogP contribution is -2.24. The van der Waals surface area contributed by atoms with Gasteiger partial charge in [0.05, 0.1) is 9.90 Å². The number of aryl methyl sites for hydroxylation is 1. The number of hydrogen-bond acceptors (Lipinski definition) is 6. The molecule has 2 aromatic rings. The van der Waals surface area contributed by atoms with Crippen LogP contribution in [0.3, 0.4) is 0 Å². The van der Waals surface area contributed by atoms with Crippen LogP contribution in [0, 0.1) is 12.7 Å². The van der Waals surface area contributed by atoms with Gasteiger partial charge in [0.2, 0.25) is 10.0 Å². The summed E-state index contributed by atoms with van der Waals surface area (Å²) in [6, 6.07) is 3.22. The van der Waals surface area contributed by atoms with Crippen LogP contribution >= 0.6 is 23.1 Å². The van der Waals surface area contributed by atoms with Crippen LogP contribution in [0.2, 0.25) is 0 Å². The lowest BCUT2D eigenvalue weighted by molar-refractivity contribution is 0.102. The van der Waals surface area contributed by atoms with Crippen LogP contribution in [0.25, 0.3) is 0 Å². The van der Waals surface area contributed by atoms with Crippen molar-refractivity contribution in [3.63, 3.8) is 0 Å². The average Bonchev–Trinajstić information content (AvgIpc) is 2.86. The fraction of sp³-hybridized carbons (Fsp3) is 0.286. The zero-order valence-corrected chi connectivity index (χ0v) is 15.9. The molecule has 0 saturated carbocycles. The minimum absolute atomic E-state index is 0.0374. The van der Waals surface area contributed by atoms with Crippen molar-refractivity contribution in [2.45, 2.75) is 16.0 Å². The van der Waals surface area contributed by atoms with Gasteiger partial charge < -0.3 is 0 Å². The van der Waals surface area contributed by atoms with E-state index in [-0.39, 0.29) is 5.56 Å². The second-order valence-corrected chi connectivity index (χ2v) is 9.18. The number of hydrogen-bond donors (Lipinski definition) is 1. The van der Waals surface area contributed by atoms with Gasteiger partial charge >= 0.3 is 0 Å². The van der Waals surface area contributed by atoms with Crippen molar-refractivity contribution in [2.24, 2.45) is 0 Å². The van der Waals surface area contributed by atoms with E-state index in [1.807, 2.05) is 13.2 Å². The largest absolute Gasteiger partial charge is 0.298 e. The summed E-state index contributed by atoms with van der Waals surface area (Å²) in [5.41, 5.74) is 0.841. The highest BCUT2D eigenvalue weighted by molar-refractivity contribution is 8.00. The first-order valence-corrected chi connectivity index (χ1v) is 10.2. The molecule has 0 atom stereocenters. The maximum Gasteiger partial charge on any atom is 0.257 e. The van der Waals surface area contributed by atoms with Crippen LogP contribution in [0.5, 0.6) is 0 Å². The maximum absolute atomic E-state index is 13.9. The van der Waals surface area contributed by atoms with Crippen LogP contribution in [0.15, 0.2) is 27.3 Å². The number of carbonyl (C=O) groups is 1. The number of aromatic nitrogens is 1. The first-order valence-electron chi connectivity index (χ1n) is 6.71. The van der Waals surface area contributed by atoms with Crippen molar-refractivity contribution < 1.29 is 17.6 Å². The molecule has 0 saturated heterocycles. The summed E-state index contributed by atoms with van der Waals surface area (Å²) in [4.78, 5) is 16.0. The number of amides is 1.